The van der Waals surface area contributed by atoms with E-state index in [-0.39, 0.29) is 17.4 Å². The molecule has 0 amide bonds. The predicted molar refractivity (Wildman–Crippen MR) is 53.6 cm³/mol. The van der Waals surface area contributed by atoms with Crippen molar-refractivity contribution in [1.29, 1.82) is 0 Å². The van der Waals surface area contributed by atoms with E-state index >= 15 is 0 Å². The van der Waals surface area contributed by atoms with E-state index in [4.69, 9.17) is 5.73 Å². The molecule has 1 aromatic rings. The molecule has 0 radical (unpaired) electrons. The fourth-order valence-corrected chi connectivity index (χ4v) is 3.49. The molecule has 78 valence electrons. The van der Waals surface area contributed by atoms with Crippen molar-refractivity contribution in [2.75, 3.05) is 17.2 Å². The predicted octanol–water partition coefficient (Wildman–Crippen LogP) is -0.0956. The van der Waals surface area contributed by atoms with Crippen LogP contribution in [-0.4, -0.2) is 29.7 Å². The number of nitrogen functional groups attached to an aromatic ring is 1. The number of rotatable bonds is 1. The molecular weight excluding hydrogens is 202 g/mol. The van der Waals surface area contributed by atoms with Crippen molar-refractivity contribution in [2.45, 2.75) is 12.3 Å². The Bertz CT molecular complexity index is 430. The van der Waals surface area contributed by atoms with Crippen LogP contribution in [0.25, 0.3) is 0 Å². The van der Waals surface area contributed by atoms with Crippen LogP contribution in [0.1, 0.15) is 18.0 Å². The van der Waals surface area contributed by atoms with Crippen molar-refractivity contribution in [2.24, 2.45) is 7.05 Å². The minimum atomic E-state index is -2.84. The molecule has 1 atom stereocenters. The van der Waals surface area contributed by atoms with Crippen LogP contribution in [-0.2, 0) is 16.9 Å². The molecule has 0 saturated carbocycles. The Morgan fingerprint density at radius 3 is 2.79 bits per heavy atom. The Morgan fingerprint density at radius 2 is 2.36 bits per heavy atom. The first-order valence-electron chi connectivity index (χ1n) is 4.48. The van der Waals surface area contributed by atoms with Gasteiger partial charge in [0.05, 0.1) is 17.2 Å². The maximum atomic E-state index is 11.2. The van der Waals surface area contributed by atoms with Crippen molar-refractivity contribution in [1.82, 2.24) is 9.78 Å². The highest BCUT2D eigenvalue weighted by atomic mass is 32.2. The number of aryl methyl sites for hydroxylation is 1. The Hall–Kier alpha value is -1.04. The van der Waals surface area contributed by atoms with E-state index in [1.807, 2.05) is 0 Å². The lowest BCUT2D eigenvalue weighted by molar-refractivity contribution is 0.601. The summed E-state index contributed by atoms with van der Waals surface area (Å²) in [6.07, 6.45) is 0.665. The van der Waals surface area contributed by atoms with Gasteiger partial charge in [0.25, 0.3) is 0 Å². The Kier molecular flexibility index (Phi) is 2.02. The van der Waals surface area contributed by atoms with E-state index in [0.29, 0.717) is 12.2 Å². The number of nitrogens with zero attached hydrogens (tertiary/aromatic N) is 2. The molecule has 0 bridgehead atoms. The molecule has 5 nitrogen and oxygen atoms in total. The summed E-state index contributed by atoms with van der Waals surface area (Å²) in [5, 5.41) is 4.18. The molecule has 1 saturated heterocycles. The van der Waals surface area contributed by atoms with E-state index in [9.17, 15) is 8.42 Å². The molecule has 1 aliphatic rings. The fraction of sp³-hybridized carbons (Fsp3) is 0.625. The average Bonchev–Trinajstić information content (AvgIpc) is 2.57. The maximum absolute atomic E-state index is 11.2. The number of hydrogen-bond acceptors (Lipinski definition) is 4. The van der Waals surface area contributed by atoms with Crippen molar-refractivity contribution < 1.29 is 8.42 Å². The third kappa shape index (κ3) is 1.61. The highest BCUT2D eigenvalue weighted by Gasteiger charge is 2.30. The van der Waals surface area contributed by atoms with Crippen LogP contribution in [0.4, 0.5) is 5.82 Å². The highest BCUT2D eigenvalue weighted by molar-refractivity contribution is 7.91. The first-order chi connectivity index (χ1) is 6.48. The van der Waals surface area contributed by atoms with Crippen LogP contribution in [0.15, 0.2) is 6.07 Å². The van der Waals surface area contributed by atoms with Gasteiger partial charge >= 0.3 is 0 Å². The van der Waals surface area contributed by atoms with Crippen LogP contribution >= 0.6 is 0 Å². The van der Waals surface area contributed by atoms with Gasteiger partial charge < -0.3 is 5.73 Å². The summed E-state index contributed by atoms with van der Waals surface area (Å²) in [7, 11) is -1.09. The molecule has 1 aliphatic heterocycles. The monoisotopic (exact) mass is 215 g/mol. The lowest BCUT2D eigenvalue weighted by Gasteiger charge is -2.00. The zero-order valence-electron chi connectivity index (χ0n) is 7.97. The van der Waals surface area contributed by atoms with Gasteiger partial charge in [0.1, 0.15) is 5.82 Å². The number of anilines is 1. The second kappa shape index (κ2) is 2.98. The normalized spacial score (nSPS) is 25.4. The van der Waals surface area contributed by atoms with Gasteiger partial charge in [-0.3, -0.25) is 4.68 Å². The van der Waals surface area contributed by atoms with Crippen molar-refractivity contribution in [3.63, 3.8) is 0 Å². The number of nitrogens with two attached hydrogens (primary N) is 1. The third-order valence-electron chi connectivity index (χ3n) is 2.59. The standard InChI is InChI=1S/C8H13N3O2S/c1-11-8(9)4-7(10-11)6-2-3-14(12,13)5-6/h4,6H,2-3,5,9H2,1H3. The van der Waals surface area contributed by atoms with E-state index in [2.05, 4.69) is 5.10 Å². The highest BCUT2D eigenvalue weighted by Crippen LogP contribution is 2.28. The summed E-state index contributed by atoms with van der Waals surface area (Å²) in [6.45, 7) is 0. The summed E-state index contributed by atoms with van der Waals surface area (Å²) in [6, 6.07) is 1.76. The lowest BCUT2D eigenvalue weighted by Crippen LogP contribution is -2.04. The van der Waals surface area contributed by atoms with Crippen molar-refractivity contribution >= 4 is 15.7 Å². The minimum Gasteiger partial charge on any atom is -0.384 e. The molecule has 0 aliphatic carbocycles. The Labute approximate surface area is 82.8 Å². The zero-order chi connectivity index (χ0) is 10.3. The first-order valence-corrected chi connectivity index (χ1v) is 6.30. The Morgan fingerprint density at radius 1 is 1.64 bits per heavy atom. The summed E-state index contributed by atoms with van der Waals surface area (Å²) in [5.74, 6) is 1.09. The van der Waals surface area contributed by atoms with Crippen LogP contribution in [0.2, 0.25) is 0 Å². The van der Waals surface area contributed by atoms with Gasteiger partial charge in [-0.1, -0.05) is 0 Å². The molecule has 0 spiro atoms. The van der Waals surface area contributed by atoms with Crippen LogP contribution < -0.4 is 5.73 Å². The zero-order valence-corrected chi connectivity index (χ0v) is 8.79. The quantitative estimate of drug-likeness (QED) is 0.710. The van der Waals surface area contributed by atoms with E-state index < -0.39 is 9.84 Å². The second-order valence-corrected chi connectivity index (χ2v) is 5.95. The van der Waals surface area contributed by atoms with Gasteiger partial charge in [0.2, 0.25) is 0 Å². The third-order valence-corrected chi connectivity index (χ3v) is 4.35. The average molecular weight is 215 g/mol. The molecule has 1 aromatic heterocycles. The van der Waals surface area contributed by atoms with Crippen LogP contribution in [0.5, 0.6) is 0 Å². The van der Waals surface area contributed by atoms with E-state index in [0.717, 1.165) is 5.69 Å². The van der Waals surface area contributed by atoms with Crippen LogP contribution in [0, 0.1) is 0 Å². The molecule has 2 rings (SSSR count). The Balaban J connectivity index is 2.26. The molecule has 6 heteroatoms. The molecule has 1 unspecified atom stereocenters. The van der Waals surface area contributed by atoms with Gasteiger partial charge in [-0.25, -0.2) is 8.42 Å². The lowest BCUT2D eigenvalue weighted by atomic mass is 10.1. The largest absolute Gasteiger partial charge is 0.384 e. The molecular formula is C8H13N3O2S. The summed E-state index contributed by atoms with van der Waals surface area (Å²) < 4.78 is 24.1. The summed E-state index contributed by atoms with van der Waals surface area (Å²) >= 11 is 0. The second-order valence-electron chi connectivity index (χ2n) is 3.72. The molecule has 2 heterocycles. The molecule has 14 heavy (non-hydrogen) atoms. The minimum absolute atomic E-state index is 0.0310. The number of hydrogen-bond donors (Lipinski definition) is 1. The topological polar surface area (TPSA) is 78.0 Å². The van der Waals surface area contributed by atoms with Crippen molar-refractivity contribution in [3.05, 3.63) is 11.8 Å². The van der Waals surface area contributed by atoms with Gasteiger partial charge in [-0.15, -0.1) is 0 Å². The SMILES string of the molecule is Cn1nc(C2CCS(=O)(=O)C2)cc1N. The van der Waals surface area contributed by atoms with Gasteiger partial charge in [0.15, 0.2) is 9.84 Å². The van der Waals surface area contributed by atoms with Crippen molar-refractivity contribution in [3.8, 4) is 0 Å². The number of sulfone groups is 1. The van der Waals surface area contributed by atoms with E-state index in [1.54, 1.807) is 17.8 Å². The molecule has 0 aromatic carbocycles. The van der Waals surface area contributed by atoms with Crippen LogP contribution in [0.3, 0.4) is 0 Å². The smallest absolute Gasteiger partial charge is 0.151 e. The first kappa shape index (κ1) is 9.51. The summed E-state index contributed by atoms with van der Waals surface area (Å²) in [5.41, 5.74) is 6.42. The van der Waals surface area contributed by atoms with E-state index in [1.165, 1.54) is 0 Å². The van der Waals surface area contributed by atoms with Gasteiger partial charge in [0, 0.05) is 19.0 Å². The number of aromatic nitrogens is 2. The summed E-state index contributed by atoms with van der Waals surface area (Å²) in [4.78, 5) is 0. The van der Waals surface area contributed by atoms with Gasteiger partial charge in [-0.05, 0) is 6.42 Å². The molecule has 1 fully saturated rings. The maximum Gasteiger partial charge on any atom is 0.151 e. The fourth-order valence-electron chi connectivity index (χ4n) is 1.73. The van der Waals surface area contributed by atoms with Gasteiger partial charge in [-0.2, -0.15) is 5.10 Å². The molecule has 2 N–H and O–H groups in total.